The van der Waals surface area contributed by atoms with Crippen LogP contribution >= 0.6 is 11.8 Å². The van der Waals surface area contributed by atoms with Gasteiger partial charge in [-0.15, -0.1) is 0 Å². The maximum Gasteiger partial charge on any atom is 0.408 e. The summed E-state index contributed by atoms with van der Waals surface area (Å²) < 4.78 is 5.04. The third-order valence-electron chi connectivity index (χ3n) is 1.63. The van der Waals surface area contributed by atoms with Gasteiger partial charge in [-0.25, -0.2) is 4.79 Å². The van der Waals surface area contributed by atoms with Crippen molar-refractivity contribution in [3.05, 3.63) is 0 Å². The van der Waals surface area contributed by atoms with Gasteiger partial charge in [0.1, 0.15) is 11.6 Å². The van der Waals surface area contributed by atoms with Gasteiger partial charge >= 0.3 is 6.09 Å². The Hall–Kier alpha value is -0.710. The third kappa shape index (κ3) is 3.57. The predicted octanol–water partition coefficient (Wildman–Crippen LogP) is 1.54. The molecule has 0 bridgehead atoms. The molecule has 0 unspecified atom stereocenters. The molecule has 1 atom stereocenters. The van der Waals surface area contributed by atoms with Crippen LogP contribution in [0.4, 0.5) is 4.79 Å². The molecule has 0 aromatic rings. The van der Waals surface area contributed by atoms with Crippen LogP contribution in [0, 0.1) is 0 Å². The fourth-order valence-corrected chi connectivity index (χ4v) is 2.01. The van der Waals surface area contributed by atoms with Crippen LogP contribution < -0.4 is 5.32 Å². The van der Waals surface area contributed by atoms with E-state index in [1.807, 2.05) is 0 Å². The lowest BCUT2D eigenvalue weighted by atomic mass is 10.2. The molecular formula is C9H15NO3S. The van der Waals surface area contributed by atoms with E-state index in [1.165, 1.54) is 11.8 Å². The minimum atomic E-state index is -0.515. The van der Waals surface area contributed by atoms with Crippen LogP contribution in [0.25, 0.3) is 0 Å². The van der Waals surface area contributed by atoms with Crippen molar-refractivity contribution in [3.63, 3.8) is 0 Å². The molecule has 1 aliphatic heterocycles. The molecule has 0 aromatic carbocycles. The van der Waals surface area contributed by atoms with Gasteiger partial charge in [-0.3, -0.25) is 4.79 Å². The molecule has 1 N–H and O–H groups in total. The number of thioether (sulfide) groups is 1. The van der Waals surface area contributed by atoms with Gasteiger partial charge in [0.15, 0.2) is 0 Å². The third-order valence-corrected chi connectivity index (χ3v) is 2.64. The van der Waals surface area contributed by atoms with E-state index in [2.05, 4.69) is 5.32 Å². The van der Waals surface area contributed by atoms with E-state index in [1.54, 1.807) is 20.8 Å². The van der Waals surface area contributed by atoms with E-state index in [-0.39, 0.29) is 11.2 Å². The second-order valence-electron chi connectivity index (χ2n) is 4.15. The number of nitrogens with one attached hydrogen (secondary N) is 1. The largest absolute Gasteiger partial charge is 0.444 e. The maximum absolute atomic E-state index is 11.3. The quantitative estimate of drug-likeness (QED) is 0.724. The minimum Gasteiger partial charge on any atom is -0.444 e. The molecule has 5 heteroatoms. The Labute approximate surface area is 87.8 Å². The molecule has 4 nitrogen and oxygen atoms in total. The fourth-order valence-electron chi connectivity index (χ4n) is 1.08. The lowest BCUT2D eigenvalue weighted by molar-refractivity contribution is -0.112. The summed E-state index contributed by atoms with van der Waals surface area (Å²) in [5.74, 6) is 0.777. The first-order chi connectivity index (χ1) is 6.38. The Morgan fingerprint density at radius 3 is 2.64 bits per heavy atom. The van der Waals surface area contributed by atoms with Crippen LogP contribution in [0.3, 0.4) is 0 Å². The van der Waals surface area contributed by atoms with Gasteiger partial charge in [-0.1, -0.05) is 11.8 Å². The lowest BCUT2D eigenvalue weighted by Gasteiger charge is -2.20. The summed E-state index contributed by atoms with van der Waals surface area (Å²) in [6, 6.07) is -0.366. The average molecular weight is 217 g/mol. The number of alkyl carbamates (subject to hydrolysis) is 1. The van der Waals surface area contributed by atoms with Gasteiger partial charge in [-0.2, -0.15) is 0 Å². The van der Waals surface area contributed by atoms with E-state index in [0.29, 0.717) is 6.42 Å². The number of carbonyl (C=O) groups is 2. The van der Waals surface area contributed by atoms with Crippen molar-refractivity contribution >= 4 is 23.0 Å². The Bertz CT molecular complexity index is 247. The normalized spacial score (nSPS) is 22.2. The summed E-state index contributed by atoms with van der Waals surface area (Å²) in [7, 11) is 0. The first-order valence-electron chi connectivity index (χ1n) is 4.54. The number of hydrogen-bond acceptors (Lipinski definition) is 4. The van der Waals surface area contributed by atoms with Crippen LogP contribution in [0.1, 0.15) is 27.2 Å². The zero-order chi connectivity index (χ0) is 10.8. The van der Waals surface area contributed by atoms with Crippen molar-refractivity contribution < 1.29 is 14.3 Å². The summed E-state index contributed by atoms with van der Waals surface area (Å²) in [5, 5.41) is 2.58. The van der Waals surface area contributed by atoms with Crippen LogP contribution in [0.15, 0.2) is 0 Å². The highest BCUT2D eigenvalue weighted by Gasteiger charge is 2.28. The molecule has 1 heterocycles. The molecule has 1 aliphatic rings. The highest BCUT2D eigenvalue weighted by Crippen LogP contribution is 2.19. The van der Waals surface area contributed by atoms with Crippen LogP contribution in [0.5, 0.6) is 0 Å². The highest BCUT2D eigenvalue weighted by molar-refractivity contribution is 8.14. The van der Waals surface area contributed by atoms with E-state index < -0.39 is 11.7 Å². The zero-order valence-corrected chi connectivity index (χ0v) is 9.44. The number of ether oxygens (including phenoxy) is 1. The van der Waals surface area contributed by atoms with Crippen molar-refractivity contribution in [2.75, 3.05) is 5.75 Å². The monoisotopic (exact) mass is 217 g/mol. The second kappa shape index (κ2) is 4.21. The summed E-state index contributed by atoms with van der Waals surface area (Å²) in [4.78, 5) is 22.4. The van der Waals surface area contributed by atoms with Gasteiger partial charge in [0.25, 0.3) is 0 Å². The van der Waals surface area contributed by atoms with Gasteiger partial charge in [0, 0.05) is 5.75 Å². The molecule has 1 fully saturated rings. The SMILES string of the molecule is CC(C)(C)OC(=O)N[C@@H]1CCSC1=O. The molecule has 1 rings (SSSR count). The van der Waals surface area contributed by atoms with Crippen molar-refractivity contribution in [3.8, 4) is 0 Å². The lowest BCUT2D eigenvalue weighted by Crippen LogP contribution is -2.40. The number of amides is 1. The standard InChI is InChI=1S/C9H15NO3S/c1-9(2,3)13-8(12)10-6-4-5-14-7(6)11/h6H,4-5H2,1-3H3,(H,10,12)/t6-/m1/s1. The van der Waals surface area contributed by atoms with Crippen molar-refractivity contribution in [1.29, 1.82) is 0 Å². The molecule has 0 aliphatic carbocycles. The van der Waals surface area contributed by atoms with Gasteiger partial charge < -0.3 is 10.1 Å². The summed E-state index contributed by atoms with van der Waals surface area (Å²) in [6.45, 7) is 5.37. The van der Waals surface area contributed by atoms with Crippen molar-refractivity contribution in [2.24, 2.45) is 0 Å². The predicted molar refractivity (Wildman–Crippen MR) is 55.2 cm³/mol. The topological polar surface area (TPSA) is 55.4 Å². The fraction of sp³-hybridized carbons (Fsp3) is 0.778. The van der Waals surface area contributed by atoms with Crippen LogP contribution in [-0.2, 0) is 9.53 Å². The molecule has 0 saturated carbocycles. The molecule has 14 heavy (non-hydrogen) atoms. The maximum atomic E-state index is 11.3. The minimum absolute atomic E-state index is 0.0239. The second-order valence-corrected chi connectivity index (χ2v) is 5.25. The van der Waals surface area contributed by atoms with E-state index in [9.17, 15) is 9.59 Å². The molecule has 1 amide bonds. The molecule has 1 saturated heterocycles. The first-order valence-corrected chi connectivity index (χ1v) is 5.53. The summed E-state index contributed by atoms with van der Waals surface area (Å²) in [5.41, 5.74) is -0.515. The van der Waals surface area contributed by atoms with Gasteiger partial charge in [0.2, 0.25) is 5.12 Å². The molecule has 80 valence electrons. The Morgan fingerprint density at radius 2 is 2.21 bits per heavy atom. The summed E-state index contributed by atoms with van der Waals surface area (Å²) >= 11 is 1.26. The number of carbonyl (C=O) groups excluding carboxylic acids is 2. The first kappa shape index (κ1) is 11.4. The van der Waals surface area contributed by atoms with Crippen LogP contribution in [0.2, 0.25) is 0 Å². The average Bonchev–Trinajstić information content (AvgIpc) is 2.32. The van der Waals surface area contributed by atoms with Gasteiger partial charge in [0.05, 0.1) is 0 Å². The Morgan fingerprint density at radius 1 is 1.57 bits per heavy atom. The van der Waals surface area contributed by atoms with Gasteiger partial charge in [-0.05, 0) is 27.2 Å². The molecule has 0 spiro atoms. The van der Waals surface area contributed by atoms with E-state index in [4.69, 9.17) is 4.74 Å². The molecule has 0 aromatic heterocycles. The molecular weight excluding hydrogens is 202 g/mol. The summed E-state index contributed by atoms with van der Waals surface area (Å²) in [6.07, 6.45) is 0.182. The molecule has 0 radical (unpaired) electrons. The number of rotatable bonds is 1. The smallest absolute Gasteiger partial charge is 0.408 e. The Balaban J connectivity index is 2.37. The highest BCUT2D eigenvalue weighted by atomic mass is 32.2. The van der Waals surface area contributed by atoms with E-state index >= 15 is 0 Å². The number of hydrogen-bond donors (Lipinski definition) is 1. The van der Waals surface area contributed by atoms with Crippen molar-refractivity contribution in [2.45, 2.75) is 38.8 Å². The Kier molecular flexibility index (Phi) is 3.42. The zero-order valence-electron chi connectivity index (χ0n) is 8.62. The van der Waals surface area contributed by atoms with E-state index in [0.717, 1.165) is 5.75 Å². The van der Waals surface area contributed by atoms with Crippen molar-refractivity contribution in [1.82, 2.24) is 5.32 Å². The van der Waals surface area contributed by atoms with Crippen LogP contribution in [-0.4, -0.2) is 28.6 Å².